The second kappa shape index (κ2) is 8.05. The summed E-state index contributed by atoms with van der Waals surface area (Å²) in [4.78, 5) is 16.2. The van der Waals surface area contributed by atoms with Gasteiger partial charge in [0.25, 0.3) is 0 Å². The van der Waals surface area contributed by atoms with Crippen molar-refractivity contribution in [2.24, 2.45) is 0 Å². The van der Waals surface area contributed by atoms with Crippen LogP contribution in [0.15, 0.2) is 24.5 Å². The summed E-state index contributed by atoms with van der Waals surface area (Å²) in [5.41, 5.74) is 2.98. The third-order valence-electron chi connectivity index (χ3n) is 4.70. The van der Waals surface area contributed by atoms with Crippen LogP contribution < -0.4 is 0 Å². The van der Waals surface area contributed by atoms with Gasteiger partial charge in [-0.1, -0.05) is 17.7 Å². The number of carbonyl (C=O) groups excluding carboxylic acids is 1. The fraction of sp³-hybridized carbons (Fsp3) is 0.550. The SMILES string of the molecule is Cc1ccc(-n2cnn(CN3CCN(C(=O)OC(C)(C)C)CC3)c2=S)c(C)c1. The molecule has 2 aromatic rings. The van der Waals surface area contributed by atoms with E-state index >= 15 is 0 Å². The fourth-order valence-electron chi connectivity index (χ4n) is 3.26. The number of hydrogen-bond donors (Lipinski definition) is 0. The highest BCUT2D eigenvalue weighted by atomic mass is 32.1. The Morgan fingerprint density at radius 2 is 1.86 bits per heavy atom. The standard InChI is InChI=1S/C20H29N5O2S/c1-15-6-7-17(16(2)12-15)24-13-21-25(18(24)28)14-22-8-10-23(11-9-22)19(26)27-20(3,4)5/h6-7,12-13H,8-11,14H2,1-5H3. The third-order valence-corrected chi connectivity index (χ3v) is 5.11. The lowest BCUT2D eigenvalue weighted by atomic mass is 10.1. The van der Waals surface area contributed by atoms with E-state index in [4.69, 9.17) is 17.0 Å². The van der Waals surface area contributed by atoms with E-state index in [2.05, 4.69) is 42.0 Å². The van der Waals surface area contributed by atoms with Crippen molar-refractivity contribution in [3.8, 4) is 5.69 Å². The van der Waals surface area contributed by atoms with Gasteiger partial charge in [-0.05, 0) is 58.5 Å². The summed E-state index contributed by atoms with van der Waals surface area (Å²) >= 11 is 5.64. The van der Waals surface area contributed by atoms with Gasteiger partial charge in [0.2, 0.25) is 4.77 Å². The van der Waals surface area contributed by atoms with Gasteiger partial charge in [0.1, 0.15) is 11.9 Å². The number of rotatable bonds is 3. The van der Waals surface area contributed by atoms with Crippen LogP contribution in [0.25, 0.3) is 5.69 Å². The molecular weight excluding hydrogens is 374 g/mol. The van der Waals surface area contributed by atoms with E-state index in [0.29, 0.717) is 24.5 Å². The molecule has 1 aromatic carbocycles. The van der Waals surface area contributed by atoms with E-state index in [1.165, 1.54) is 11.1 Å². The molecule has 1 saturated heterocycles. The van der Waals surface area contributed by atoms with Crippen molar-refractivity contribution in [1.29, 1.82) is 0 Å². The van der Waals surface area contributed by atoms with Crippen molar-refractivity contribution in [3.63, 3.8) is 0 Å². The Morgan fingerprint density at radius 3 is 2.46 bits per heavy atom. The fourth-order valence-corrected chi connectivity index (χ4v) is 3.51. The molecule has 0 N–H and O–H groups in total. The van der Waals surface area contributed by atoms with Gasteiger partial charge in [-0.3, -0.25) is 9.47 Å². The van der Waals surface area contributed by atoms with Gasteiger partial charge in [-0.2, -0.15) is 5.10 Å². The van der Waals surface area contributed by atoms with Gasteiger partial charge >= 0.3 is 6.09 Å². The smallest absolute Gasteiger partial charge is 0.410 e. The Labute approximate surface area is 171 Å². The van der Waals surface area contributed by atoms with Crippen LogP contribution in [0, 0.1) is 18.6 Å². The zero-order valence-electron chi connectivity index (χ0n) is 17.3. The largest absolute Gasteiger partial charge is 0.444 e. The minimum absolute atomic E-state index is 0.247. The Kier molecular flexibility index (Phi) is 5.90. The van der Waals surface area contributed by atoms with Crippen molar-refractivity contribution in [2.75, 3.05) is 26.2 Å². The van der Waals surface area contributed by atoms with Crippen molar-refractivity contribution < 1.29 is 9.53 Å². The normalized spacial score (nSPS) is 15.7. The van der Waals surface area contributed by atoms with Gasteiger partial charge in [-0.25, -0.2) is 9.48 Å². The molecule has 0 bridgehead atoms. The molecule has 152 valence electrons. The van der Waals surface area contributed by atoms with Gasteiger partial charge < -0.3 is 9.64 Å². The van der Waals surface area contributed by atoms with Crippen molar-refractivity contribution in [3.05, 3.63) is 40.4 Å². The number of hydrogen-bond acceptors (Lipinski definition) is 5. The number of ether oxygens (including phenoxy) is 1. The maximum Gasteiger partial charge on any atom is 0.410 e. The number of amides is 1. The minimum atomic E-state index is -0.470. The molecule has 1 aliphatic heterocycles. The zero-order valence-corrected chi connectivity index (χ0v) is 18.1. The van der Waals surface area contributed by atoms with Crippen molar-refractivity contribution in [2.45, 2.75) is 46.9 Å². The molecule has 28 heavy (non-hydrogen) atoms. The zero-order chi connectivity index (χ0) is 20.5. The second-order valence-electron chi connectivity index (χ2n) is 8.30. The van der Waals surface area contributed by atoms with Crippen LogP contribution in [0.4, 0.5) is 4.79 Å². The van der Waals surface area contributed by atoms with Crippen LogP contribution in [0.3, 0.4) is 0 Å². The number of benzene rings is 1. The average Bonchev–Trinajstić information content (AvgIpc) is 2.95. The lowest BCUT2D eigenvalue weighted by Crippen LogP contribution is -2.50. The molecule has 0 aliphatic carbocycles. The number of nitrogens with zero attached hydrogens (tertiary/aromatic N) is 5. The lowest BCUT2D eigenvalue weighted by molar-refractivity contribution is 0.0113. The summed E-state index contributed by atoms with van der Waals surface area (Å²) in [5.74, 6) is 0. The predicted octanol–water partition coefficient (Wildman–Crippen LogP) is 3.53. The maximum absolute atomic E-state index is 12.2. The van der Waals surface area contributed by atoms with Crippen molar-refractivity contribution >= 4 is 18.3 Å². The van der Waals surface area contributed by atoms with E-state index in [1.54, 1.807) is 11.2 Å². The summed E-state index contributed by atoms with van der Waals surface area (Å²) in [5, 5.41) is 4.48. The Morgan fingerprint density at radius 1 is 1.18 bits per heavy atom. The van der Waals surface area contributed by atoms with Crippen LogP contribution in [-0.4, -0.2) is 62.0 Å². The first kappa shape index (κ1) is 20.5. The lowest BCUT2D eigenvalue weighted by Gasteiger charge is -2.35. The number of piperazine rings is 1. The number of aromatic nitrogens is 3. The first-order valence-corrected chi connectivity index (χ1v) is 9.97. The van der Waals surface area contributed by atoms with Crippen LogP contribution in [-0.2, 0) is 11.4 Å². The number of carbonyl (C=O) groups is 1. The molecule has 7 nitrogen and oxygen atoms in total. The molecule has 0 atom stereocenters. The van der Waals surface area contributed by atoms with Crippen LogP contribution >= 0.6 is 12.2 Å². The van der Waals surface area contributed by atoms with Gasteiger partial charge in [0, 0.05) is 26.2 Å². The van der Waals surface area contributed by atoms with E-state index < -0.39 is 5.60 Å². The molecule has 2 heterocycles. The number of aryl methyl sites for hydroxylation is 2. The van der Waals surface area contributed by atoms with Gasteiger partial charge in [0.15, 0.2) is 0 Å². The van der Waals surface area contributed by atoms with Gasteiger partial charge in [0.05, 0.1) is 12.4 Å². The molecule has 0 radical (unpaired) electrons. The van der Waals surface area contributed by atoms with Crippen LogP contribution in [0.1, 0.15) is 31.9 Å². The quantitative estimate of drug-likeness (QED) is 0.734. The third kappa shape index (κ3) is 4.80. The first-order chi connectivity index (χ1) is 13.1. The molecule has 1 amide bonds. The monoisotopic (exact) mass is 403 g/mol. The molecule has 0 unspecified atom stereocenters. The summed E-state index contributed by atoms with van der Waals surface area (Å²) in [6.07, 6.45) is 1.53. The Bertz CT molecular complexity index is 904. The highest BCUT2D eigenvalue weighted by Crippen LogP contribution is 2.17. The second-order valence-corrected chi connectivity index (χ2v) is 8.66. The maximum atomic E-state index is 12.2. The highest BCUT2D eigenvalue weighted by Gasteiger charge is 2.26. The molecule has 0 saturated carbocycles. The first-order valence-electron chi connectivity index (χ1n) is 9.56. The topological polar surface area (TPSA) is 55.5 Å². The van der Waals surface area contributed by atoms with Crippen LogP contribution in [0.5, 0.6) is 0 Å². The van der Waals surface area contributed by atoms with E-state index in [-0.39, 0.29) is 6.09 Å². The van der Waals surface area contributed by atoms with E-state index in [0.717, 1.165) is 18.8 Å². The highest BCUT2D eigenvalue weighted by molar-refractivity contribution is 7.71. The summed E-state index contributed by atoms with van der Waals surface area (Å²) in [6.45, 7) is 13.2. The molecule has 0 spiro atoms. The average molecular weight is 404 g/mol. The molecule has 8 heteroatoms. The molecule has 1 fully saturated rings. The summed E-state index contributed by atoms with van der Waals surface area (Å²) < 4.78 is 9.90. The minimum Gasteiger partial charge on any atom is -0.444 e. The Balaban J connectivity index is 1.63. The molecule has 3 rings (SSSR count). The predicted molar refractivity (Wildman–Crippen MR) is 111 cm³/mol. The summed E-state index contributed by atoms with van der Waals surface area (Å²) in [6, 6.07) is 6.30. The van der Waals surface area contributed by atoms with Crippen molar-refractivity contribution in [1.82, 2.24) is 24.1 Å². The molecular formula is C20H29N5O2S. The molecule has 1 aromatic heterocycles. The summed E-state index contributed by atoms with van der Waals surface area (Å²) in [7, 11) is 0. The van der Waals surface area contributed by atoms with E-state index in [1.807, 2.05) is 30.0 Å². The molecule has 1 aliphatic rings. The van der Waals surface area contributed by atoms with E-state index in [9.17, 15) is 4.79 Å². The Hall–Kier alpha value is -2.19. The van der Waals surface area contributed by atoms with Gasteiger partial charge in [-0.15, -0.1) is 0 Å². The van der Waals surface area contributed by atoms with Crippen LogP contribution in [0.2, 0.25) is 0 Å².